The van der Waals surface area contributed by atoms with Gasteiger partial charge in [-0.15, -0.1) is 11.8 Å². The molecule has 5 nitrogen and oxygen atoms in total. The maximum Gasteiger partial charge on any atom is 0.336 e. The maximum absolute atomic E-state index is 12.0. The normalized spacial score (nSPS) is 41.2. The number of carbonyl (C=O) groups excluding carboxylic acids is 1. The molecule has 0 bridgehead atoms. The van der Waals surface area contributed by atoms with Crippen LogP contribution in [0.5, 0.6) is 0 Å². The van der Waals surface area contributed by atoms with Crippen LogP contribution in [0.3, 0.4) is 0 Å². The second-order valence-corrected chi connectivity index (χ2v) is 11.8. The molecule has 2 saturated heterocycles. The van der Waals surface area contributed by atoms with E-state index < -0.39 is 12.1 Å². The van der Waals surface area contributed by atoms with E-state index in [1.165, 1.54) is 10.5 Å². The van der Waals surface area contributed by atoms with Crippen LogP contribution in [0.2, 0.25) is 0 Å². The molecule has 1 aromatic rings. The quantitative estimate of drug-likeness (QED) is 0.266. The number of aliphatic hydroxyl groups excluding tert-OH is 1. The first kappa shape index (κ1) is 24.1. The predicted molar refractivity (Wildman–Crippen MR) is 132 cm³/mol. The Morgan fingerprint density at radius 2 is 1.97 bits per heavy atom. The molecule has 2 aliphatic heterocycles. The Morgan fingerprint density at radius 1 is 1.21 bits per heavy atom. The standard InChI is InChI=1S/C28H36O5S/c1-17-5-12-23-27(2,21(17)11-10-20-22(29)15-31-25(20)30)14-13-24-28(23,3)16-32-26(33-24)18-6-8-19(34-4)9-7-18/h6-10,21-24,26,29H,1,5,11-16H2,2-4H3/b20-10+. The van der Waals surface area contributed by atoms with Gasteiger partial charge in [0.1, 0.15) is 12.7 Å². The number of esters is 1. The van der Waals surface area contributed by atoms with Gasteiger partial charge in [-0.25, -0.2) is 4.79 Å². The number of hydrogen-bond donors (Lipinski definition) is 1. The Kier molecular flexibility index (Phi) is 6.47. The smallest absolute Gasteiger partial charge is 0.336 e. The van der Waals surface area contributed by atoms with Crippen LogP contribution in [-0.2, 0) is 19.0 Å². The number of ether oxygens (including phenoxy) is 3. The number of cyclic esters (lactones) is 1. The summed E-state index contributed by atoms with van der Waals surface area (Å²) in [5.74, 6) is 0.304. The molecule has 34 heavy (non-hydrogen) atoms. The van der Waals surface area contributed by atoms with Crippen molar-refractivity contribution in [2.45, 2.75) is 69.3 Å². The van der Waals surface area contributed by atoms with Crippen LogP contribution in [0.25, 0.3) is 0 Å². The third kappa shape index (κ3) is 3.97. The minimum atomic E-state index is -0.816. The summed E-state index contributed by atoms with van der Waals surface area (Å²) < 4.78 is 18.0. The van der Waals surface area contributed by atoms with Crippen LogP contribution >= 0.6 is 11.8 Å². The van der Waals surface area contributed by atoms with Gasteiger partial charge in [-0.1, -0.05) is 44.2 Å². The minimum absolute atomic E-state index is 0.0463. The van der Waals surface area contributed by atoms with Crippen LogP contribution in [0.1, 0.15) is 57.8 Å². The molecule has 7 atom stereocenters. The van der Waals surface area contributed by atoms with Gasteiger partial charge >= 0.3 is 5.97 Å². The topological polar surface area (TPSA) is 65.0 Å². The average Bonchev–Trinajstić information content (AvgIpc) is 3.15. The lowest BCUT2D eigenvalue weighted by Crippen LogP contribution is -2.60. The number of thioether (sulfide) groups is 1. The molecule has 1 aromatic carbocycles. The number of hydrogen-bond acceptors (Lipinski definition) is 6. The molecule has 184 valence electrons. The third-order valence-electron chi connectivity index (χ3n) is 9.08. The largest absolute Gasteiger partial charge is 0.459 e. The highest BCUT2D eigenvalue weighted by molar-refractivity contribution is 7.98. The molecule has 2 saturated carbocycles. The minimum Gasteiger partial charge on any atom is -0.459 e. The lowest BCUT2D eigenvalue weighted by molar-refractivity contribution is -0.307. The summed E-state index contributed by atoms with van der Waals surface area (Å²) in [5.41, 5.74) is 2.71. The summed E-state index contributed by atoms with van der Waals surface area (Å²) in [5, 5.41) is 10.1. The Labute approximate surface area is 206 Å². The number of benzene rings is 1. The Hall–Kier alpha value is -1.60. The number of carbonyl (C=O) groups is 1. The van der Waals surface area contributed by atoms with Gasteiger partial charge in [0.15, 0.2) is 6.29 Å². The van der Waals surface area contributed by atoms with Gasteiger partial charge in [0.2, 0.25) is 0 Å². The molecule has 2 aliphatic carbocycles. The lowest BCUT2D eigenvalue weighted by atomic mass is 9.46. The SMILES string of the molecule is C=C1CCC2C3(C)COC(c4ccc(SC)cc4)OC3CCC2(C)C1C/C=C1/C(=O)OCC1O. The average molecular weight is 485 g/mol. The highest BCUT2D eigenvalue weighted by Crippen LogP contribution is 2.63. The monoisotopic (exact) mass is 484 g/mol. The van der Waals surface area contributed by atoms with Gasteiger partial charge < -0.3 is 19.3 Å². The number of fused-ring (bicyclic) bond motifs is 3. The van der Waals surface area contributed by atoms with Crippen LogP contribution in [0.4, 0.5) is 0 Å². The third-order valence-corrected chi connectivity index (χ3v) is 9.82. The molecule has 6 heteroatoms. The molecule has 4 aliphatic rings. The van der Waals surface area contributed by atoms with E-state index in [2.05, 4.69) is 50.9 Å². The van der Waals surface area contributed by atoms with Gasteiger partial charge in [-0.3, -0.25) is 0 Å². The van der Waals surface area contributed by atoms with Crippen molar-refractivity contribution in [2.75, 3.05) is 19.5 Å². The summed E-state index contributed by atoms with van der Waals surface area (Å²) in [4.78, 5) is 13.3. The molecular weight excluding hydrogens is 448 g/mol. The van der Waals surface area contributed by atoms with Crippen molar-refractivity contribution < 1.29 is 24.1 Å². The molecule has 1 N–H and O–H groups in total. The van der Waals surface area contributed by atoms with E-state index in [4.69, 9.17) is 14.2 Å². The molecule has 2 heterocycles. The summed E-state index contributed by atoms with van der Waals surface area (Å²) in [6.07, 6.45) is 7.81. The van der Waals surface area contributed by atoms with E-state index in [1.807, 2.05) is 6.08 Å². The van der Waals surface area contributed by atoms with E-state index in [1.54, 1.807) is 11.8 Å². The Morgan fingerprint density at radius 3 is 2.65 bits per heavy atom. The van der Waals surface area contributed by atoms with Crippen LogP contribution < -0.4 is 0 Å². The van der Waals surface area contributed by atoms with Crippen molar-refractivity contribution in [1.82, 2.24) is 0 Å². The van der Waals surface area contributed by atoms with E-state index >= 15 is 0 Å². The highest BCUT2D eigenvalue weighted by atomic mass is 32.2. The summed E-state index contributed by atoms with van der Waals surface area (Å²) in [7, 11) is 0. The van der Waals surface area contributed by atoms with Gasteiger partial charge in [-0.05, 0) is 67.7 Å². The first-order valence-corrected chi connectivity index (χ1v) is 13.6. The van der Waals surface area contributed by atoms with E-state index in [-0.39, 0.29) is 35.7 Å². The lowest BCUT2D eigenvalue weighted by Gasteiger charge is -2.62. The molecule has 4 fully saturated rings. The fourth-order valence-corrected chi connectivity index (χ4v) is 7.54. The van der Waals surface area contributed by atoms with Crippen LogP contribution in [-0.4, -0.2) is 42.8 Å². The summed E-state index contributed by atoms with van der Waals surface area (Å²) in [6.45, 7) is 9.91. The van der Waals surface area contributed by atoms with Gasteiger partial charge in [0.05, 0.1) is 18.3 Å². The van der Waals surface area contributed by atoms with E-state index in [9.17, 15) is 9.90 Å². The zero-order chi connectivity index (χ0) is 24.1. The van der Waals surface area contributed by atoms with Crippen molar-refractivity contribution in [2.24, 2.45) is 22.7 Å². The van der Waals surface area contributed by atoms with Crippen LogP contribution in [0.15, 0.2) is 53.0 Å². The van der Waals surface area contributed by atoms with E-state index in [0.29, 0.717) is 24.5 Å². The first-order valence-electron chi connectivity index (χ1n) is 12.4. The summed E-state index contributed by atoms with van der Waals surface area (Å²) >= 11 is 1.73. The molecule has 7 unspecified atom stereocenters. The molecule has 0 amide bonds. The van der Waals surface area contributed by atoms with Crippen LogP contribution in [0, 0.1) is 22.7 Å². The molecule has 0 spiro atoms. The molecule has 5 rings (SSSR count). The zero-order valence-corrected chi connectivity index (χ0v) is 21.2. The van der Waals surface area contributed by atoms with Gasteiger partial charge in [0.25, 0.3) is 0 Å². The fraction of sp³-hybridized carbons (Fsp3) is 0.607. The highest BCUT2D eigenvalue weighted by Gasteiger charge is 2.60. The van der Waals surface area contributed by atoms with E-state index in [0.717, 1.165) is 31.2 Å². The Bertz CT molecular complexity index is 987. The Balaban J connectivity index is 1.35. The summed E-state index contributed by atoms with van der Waals surface area (Å²) in [6, 6.07) is 8.48. The van der Waals surface area contributed by atoms with Crippen molar-refractivity contribution in [3.63, 3.8) is 0 Å². The van der Waals surface area contributed by atoms with Crippen molar-refractivity contribution in [3.05, 3.63) is 53.6 Å². The maximum atomic E-state index is 12.0. The fourth-order valence-electron chi connectivity index (χ4n) is 7.13. The second kappa shape index (κ2) is 9.12. The number of aliphatic hydroxyl groups is 1. The molecule has 0 radical (unpaired) electrons. The second-order valence-electron chi connectivity index (χ2n) is 10.9. The number of allylic oxidation sites excluding steroid dienone is 2. The molecular formula is C28H36O5S. The van der Waals surface area contributed by atoms with Crippen molar-refractivity contribution in [3.8, 4) is 0 Å². The van der Waals surface area contributed by atoms with Crippen molar-refractivity contribution >= 4 is 17.7 Å². The van der Waals surface area contributed by atoms with Gasteiger partial charge in [-0.2, -0.15) is 0 Å². The zero-order valence-electron chi connectivity index (χ0n) is 20.4. The predicted octanol–water partition coefficient (Wildman–Crippen LogP) is 5.45. The number of rotatable bonds is 4. The van der Waals surface area contributed by atoms with Crippen molar-refractivity contribution in [1.29, 1.82) is 0 Å². The molecule has 0 aromatic heterocycles. The first-order chi connectivity index (χ1) is 16.3. The van der Waals surface area contributed by atoms with Gasteiger partial charge in [0, 0.05) is 15.9 Å².